The molecule has 0 unspecified atom stereocenters. The summed E-state index contributed by atoms with van der Waals surface area (Å²) < 4.78 is 2.22. The second kappa shape index (κ2) is 11.9. The number of benzene rings is 9. The molecule has 0 saturated heterocycles. The predicted molar refractivity (Wildman–Crippen MR) is 214 cm³/mol. The molecule has 0 N–H and O–H groups in total. The van der Waals surface area contributed by atoms with Gasteiger partial charge in [0.05, 0.1) is 0 Å². The minimum absolute atomic E-state index is 1.11. The Morgan fingerprint density at radius 2 is 0.625 bits per heavy atom. The first-order chi connectivity index (χ1) is 23.6. The van der Waals surface area contributed by atoms with Gasteiger partial charge in [-0.25, -0.2) is 0 Å². The van der Waals surface area contributed by atoms with Crippen LogP contribution in [0.3, 0.4) is 0 Å². The van der Waals surface area contributed by atoms with Gasteiger partial charge in [0.1, 0.15) is 0 Å². The number of hydrogen-bond acceptors (Lipinski definition) is 0. The lowest BCUT2D eigenvalue weighted by molar-refractivity contribution is 1.61. The van der Waals surface area contributed by atoms with E-state index in [1.165, 1.54) is 87.6 Å². The van der Waals surface area contributed by atoms with E-state index in [4.69, 9.17) is 0 Å². The van der Waals surface area contributed by atoms with E-state index in [0.717, 1.165) is 8.95 Å². The third-order valence-electron chi connectivity index (χ3n) is 9.58. The first-order valence-corrected chi connectivity index (χ1v) is 17.7. The van der Waals surface area contributed by atoms with Crippen molar-refractivity contribution < 1.29 is 0 Å². The molecule has 0 aliphatic rings. The second-order valence-electron chi connectivity index (χ2n) is 12.4. The molecular formula is C46H28Br2. The summed E-state index contributed by atoms with van der Waals surface area (Å²) in [5, 5.41) is 9.80. The fourth-order valence-corrected chi connectivity index (χ4v) is 8.52. The van der Waals surface area contributed by atoms with Crippen LogP contribution in [0.4, 0.5) is 0 Å². The van der Waals surface area contributed by atoms with E-state index in [9.17, 15) is 0 Å². The molecule has 2 heteroatoms. The van der Waals surface area contributed by atoms with Crippen molar-refractivity contribution in [3.05, 3.63) is 179 Å². The quantitative estimate of drug-likeness (QED) is 0.158. The number of hydrogen-bond donors (Lipinski definition) is 0. The highest BCUT2D eigenvalue weighted by Gasteiger charge is 2.15. The van der Waals surface area contributed by atoms with Gasteiger partial charge in [0.15, 0.2) is 0 Å². The summed E-state index contributed by atoms with van der Waals surface area (Å²) in [5.41, 5.74) is 9.74. The van der Waals surface area contributed by atoms with E-state index in [1.807, 2.05) is 0 Å². The maximum atomic E-state index is 4.03. The van der Waals surface area contributed by atoms with Crippen LogP contribution >= 0.6 is 31.9 Å². The Hall–Kier alpha value is -5.02. The summed E-state index contributed by atoms with van der Waals surface area (Å²) in [7, 11) is 0. The highest BCUT2D eigenvalue weighted by molar-refractivity contribution is 9.11. The number of halogens is 2. The topological polar surface area (TPSA) is 0 Å². The molecule has 0 atom stereocenters. The molecule has 9 aromatic carbocycles. The van der Waals surface area contributed by atoms with Crippen molar-refractivity contribution in [2.24, 2.45) is 0 Å². The molecule has 0 amide bonds. The minimum atomic E-state index is 1.11. The maximum absolute atomic E-state index is 4.03. The lowest BCUT2D eigenvalue weighted by Crippen LogP contribution is -1.88. The van der Waals surface area contributed by atoms with Gasteiger partial charge in [0.25, 0.3) is 0 Å². The molecule has 0 fully saturated rings. The minimum Gasteiger partial charge on any atom is -0.0616 e. The van der Waals surface area contributed by atoms with Gasteiger partial charge < -0.3 is 0 Å². The van der Waals surface area contributed by atoms with Gasteiger partial charge in [-0.2, -0.15) is 0 Å². The average Bonchev–Trinajstić information content (AvgIpc) is 3.16. The molecule has 0 aliphatic carbocycles. The Balaban J connectivity index is 1.12. The van der Waals surface area contributed by atoms with E-state index in [0.29, 0.717) is 0 Å². The second-order valence-corrected chi connectivity index (χ2v) is 13.9. The smallest absolute Gasteiger partial charge is 0.0333 e. The van der Waals surface area contributed by atoms with E-state index >= 15 is 0 Å². The zero-order valence-corrected chi connectivity index (χ0v) is 29.1. The van der Waals surface area contributed by atoms with Gasteiger partial charge in [0, 0.05) is 8.95 Å². The first-order valence-electron chi connectivity index (χ1n) is 16.1. The average molecular weight is 741 g/mol. The van der Waals surface area contributed by atoms with Crippen LogP contribution in [0.15, 0.2) is 179 Å². The van der Waals surface area contributed by atoms with Gasteiger partial charge in [-0.05, 0) is 144 Å². The number of fused-ring (bicyclic) bond motifs is 4. The molecule has 9 aromatic rings. The Morgan fingerprint density at radius 1 is 0.250 bits per heavy atom. The summed E-state index contributed by atoms with van der Waals surface area (Å²) in [4.78, 5) is 0. The van der Waals surface area contributed by atoms with Crippen LogP contribution in [0, 0.1) is 0 Å². The lowest BCUT2D eigenvalue weighted by atomic mass is 9.93. The summed E-state index contributed by atoms with van der Waals surface area (Å²) in [6, 6.07) is 61.7. The van der Waals surface area contributed by atoms with Crippen LogP contribution in [-0.2, 0) is 0 Å². The van der Waals surface area contributed by atoms with Crippen LogP contribution in [0.25, 0.3) is 87.6 Å². The highest BCUT2D eigenvalue weighted by Crippen LogP contribution is 2.43. The van der Waals surface area contributed by atoms with Crippen LogP contribution in [-0.4, -0.2) is 0 Å². The Labute approximate surface area is 296 Å². The summed E-state index contributed by atoms with van der Waals surface area (Å²) >= 11 is 8.05. The van der Waals surface area contributed by atoms with Crippen molar-refractivity contribution in [3.63, 3.8) is 0 Å². The molecule has 0 aliphatic heterocycles. The van der Waals surface area contributed by atoms with E-state index in [-0.39, 0.29) is 0 Å². The highest BCUT2D eigenvalue weighted by atomic mass is 79.9. The van der Waals surface area contributed by atoms with Crippen molar-refractivity contribution in [3.8, 4) is 44.5 Å². The summed E-state index contributed by atoms with van der Waals surface area (Å²) in [6.45, 7) is 0. The lowest BCUT2D eigenvalue weighted by Gasteiger charge is -2.14. The van der Waals surface area contributed by atoms with Crippen molar-refractivity contribution >= 4 is 74.9 Å². The third kappa shape index (κ3) is 4.95. The standard InChI is InChI=1S/C46H28Br2/c47-45-42-24-22-34(32-14-6-16-36(26-32)40-20-8-12-30-10-2-4-18-38(30)40)28-44(42)46(48)41-23-21-33(27-43(41)45)31-13-5-15-35(25-31)39-19-7-11-29-9-1-3-17-37(29)39/h1-28H. The fourth-order valence-electron chi connectivity index (χ4n) is 7.17. The van der Waals surface area contributed by atoms with Gasteiger partial charge in [0.2, 0.25) is 0 Å². The zero-order valence-electron chi connectivity index (χ0n) is 25.9. The molecular weight excluding hydrogens is 712 g/mol. The van der Waals surface area contributed by atoms with Crippen LogP contribution in [0.5, 0.6) is 0 Å². The predicted octanol–water partition coefficient (Wildman–Crippen LogP) is 14.5. The monoisotopic (exact) mass is 738 g/mol. The Bertz CT molecular complexity index is 2500. The zero-order chi connectivity index (χ0) is 32.2. The van der Waals surface area contributed by atoms with E-state index in [2.05, 4.69) is 202 Å². The number of rotatable bonds is 4. The molecule has 48 heavy (non-hydrogen) atoms. The molecule has 226 valence electrons. The SMILES string of the molecule is Brc1c2ccc(-c3cccc(-c4cccc5ccccc45)c3)cc2c(Br)c2ccc(-c3cccc(-c4cccc5ccccc45)c3)cc12. The van der Waals surface area contributed by atoms with E-state index in [1.54, 1.807) is 0 Å². The summed E-state index contributed by atoms with van der Waals surface area (Å²) in [6.07, 6.45) is 0. The van der Waals surface area contributed by atoms with E-state index < -0.39 is 0 Å². The van der Waals surface area contributed by atoms with Crippen molar-refractivity contribution in [2.75, 3.05) is 0 Å². The molecule has 0 aromatic heterocycles. The van der Waals surface area contributed by atoms with Gasteiger partial charge >= 0.3 is 0 Å². The van der Waals surface area contributed by atoms with Crippen molar-refractivity contribution in [2.45, 2.75) is 0 Å². The van der Waals surface area contributed by atoms with Crippen molar-refractivity contribution in [1.29, 1.82) is 0 Å². The largest absolute Gasteiger partial charge is 0.0616 e. The molecule has 0 nitrogen and oxygen atoms in total. The van der Waals surface area contributed by atoms with Gasteiger partial charge in [-0.15, -0.1) is 0 Å². The third-order valence-corrected chi connectivity index (χ3v) is 11.3. The van der Waals surface area contributed by atoms with Gasteiger partial charge in [-0.1, -0.05) is 146 Å². The molecule has 0 radical (unpaired) electrons. The molecule has 0 bridgehead atoms. The van der Waals surface area contributed by atoms with Gasteiger partial charge in [-0.3, -0.25) is 0 Å². The molecule has 0 saturated carbocycles. The Kier molecular flexibility index (Phi) is 7.22. The maximum Gasteiger partial charge on any atom is 0.0333 e. The first kappa shape index (κ1) is 29.1. The molecule has 9 rings (SSSR count). The van der Waals surface area contributed by atoms with Crippen LogP contribution in [0.2, 0.25) is 0 Å². The molecule has 0 spiro atoms. The van der Waals surface area contributed by atoms with Crippen molar-refractivity contribution in [1.82, 2.24) is 0 Å². The van der Waals surface area contributed by atoms with Crippen LogP contribution < -0.4 is 0 Å². The Morgan fingerprint density at radius 3 is 1.10 bits per heavy atom. The fraction of sp³-hybridized carbons (Fsp3) is 0. The normalized spacial score (nSPS) is 11.5. The van der Waals surface area contributed by atoms with Crippen LogP contribution in [0.1, 0.15) is 0 Å². The summed E-state index contributed by atoms with van der Waals surface area (Å²) in [5.74, 6) is 0. The molecule has 0 heterocycles.